The summed E-state index contributed by atoms with van der Waals surface area (Å²) in [5.74, 6) is -0.486. The summed E-state index contributed by atoms with van der Waals surface area (Å²) in [7, 11) is 5.63. The minimum atomic E-state index is -0.255. The lowest BCUT2D eigenvalue weighted by Gasteiger charge is -2.10. The number of carbonyl (C=O) groups excluding carboxylic acids is 2. The van der Waals surface area contributed by atoms with Crippen molar-refractivity contribution in [2.24, 2.45) is 0 Å². The summed E-state index contributed by atoms with van der Waals surface area (Å²) < 4.78 is 2.17. The van der Waals surface area contributed by atoms with Gasteiger partial charge in [-0.2, -0.15) is 0 Å². The summed E-state index contributed by atoms with van der Waals surface area (Å²) in [4.78, 5) is 27.4. The van der Waals surface area contributed by atoms with E-state index >= 15 is 0 Å². The van der Waals surface area contributed by atoms with Gasteiger partial charge < -0.3 is 9.47 Å². The number of aryl methyl sites for hydroxylation is 1. The van der Waals surface area contributed by atoms with Crippen molar-refractivity contribution in [2.45, 2.75) is 13.0 Å². The fraction of sp³-hybridized carbons (Fsp3) is 0.333. The number of benzene rings is 1. The molecule has 23 heavy (non-hydrogen) atoms. The van der Waals surface area contributed by atoms with Gasteiger partial charge in [-0.3, -0.25) is 14.5 Å². The first-order valence-electron chi connectivity index (χ1n) is 7.75. The van der Waals surface area contributed by atoms with Crippen molar-refractivity contribution in [1.29, 1.82) is 0 Å². The molecule has 3 rings (SSSR count). The molecule has 5 nitrogen and oxygen atoms in total. The highest BCUT2D eigenvalue weighted by Crippen LogP contribution is 2.31. The van der Waals surface area contributed by atoms with Gasteiger partial charge in [0.05, 0.1) is 5.57 Å². The van der Waals surface area contributed by atoms with Gasteiger partial charge in [-0.1, -0.05) is 18.2 Å². The number of aromatic nitrogens is 1. The van der Waals surface area contributed by atoms with E-state index < -0.39 is 0 Å². The predicted octanol–water partition coefficient (Wildman–Crippen LogP) is 1.97. The van der Waals surface area contributed by atoms with Gasteiger partial charge in [-0.15, -0.1) is 0 Å². The summed E-state index contributed by atoms with van der Waals surface area (Å²) in [5, 5.41) is 1.01. The van der Waals surface area contributed by atoms with Crippen molar-refractivity contribution in [1.82, 2.24) is 14.4 Å². The minimum absolute atomic E-state index is 0.230. The number of amides is 2. The third kappa shape index (κ3) is 2.80. The van der Waals surface area contributed by atoms with Crippen LogP contribution >= 0.6 is 0 Å². The molecule has 120 valence electrons. The summed E-state index contributed by atoms with van der Waals surface area (Å²) in [6.07, 6.45) is 4.46. The Morgan fingerprint density at radius 2 is 1.87 bits per heavy atom. The molecule has 2 aromatic rings. The highest BCUT2D eigenvalue weighted by atomic mass is 16.2. The third-order valence-electron chi connectivity index (χ3n) is 4.22. The van der Waals surface area contributed by atoms with Crippen LogP contribution < -0.4 is 0 Å². The van der Waals surface area contributed by atoms with Crippen LogP contribution in [0.5, 0.6) is 0 Å². The second-order valence-electron chi connectivity index (χ2n) is 6.17. The van der Waals surface area contributed by atoms with E-state index in [1.807, 2.05) is 24.4 Å². The van der Waals surface area contributed by atoms with Gasteiger partial charge in [0.1, 0.15) is 0 Å². The first-order valence-corrected chi connectivity index (χ1v) is 7.75. The number of hydrogen-bond acceptors (Lipinski definition) is 3. The predicted molar refractivity (Wildman–Crippen MR) is 90.9 cm³/mol. The smallest absolute Gasteiger partial charge is 0.261 e. The van der Waals surface area contributed by atoms with Crippen LogP contribution in [0.3, 0.4) is 0 Å². The molecule has 0 aliphatic carbocycles. The van der Waals surface area contributed by atoms with Crippen LogP contribution in [0.15, 0.2) is 36.5 Å². The van der Waals surface area contributed by atoms with E-state index in [4.69, 9.17) is 0 Å². The van der Waals surface area contributed by atoms with Crippen molar-refractivity contribution in [3.63, 3.8) is 0 Å². The first-order chi connectivity index (χ1) is 11.0. The van der Waals surface area contributed by atoms with E-state index in [0.29, 0.717) is 5.57 Å². The van der Waals surface area contributed by atoms with Crippen LogP contribution in [0.4, 0.5) is 0 Å². The molecular formula is C18H21N3O2. The van der Waals surface area contributed by atoms with E-state index in [9.17, 15) is 9.59 Å². The van der Waals surface area contributed by atoms with Crippen molar-refractivity contribution in [2.75, 3.05) is 27.7 Å². The Balaban J connectivity index is 2.00. The molecule has 1 aliphatic heterocycles. The number of para-hydroxylation sites is 1. The Morgan fingerprint density at radius 3 is 2.52 bits per heavy atom. The van der Waals surface area contributed by atoms with Gasteiger partial charge >= 0.3 is 0 Å². The Kier molecular flexibility index (Phi) is 4.05. The highest BCUT2D eigenvalue weighted by molar-refractivity contribution is 6.34. The molecule has 0 saturated carbocycles. The molecule has 2 amide bonds. The second kappa shape index (κ2) is 6.01. The van der Waals surface area contributed by atoms with Gasteiger partial charge in [0.2, 0.25) is 0 Å². The average Bonchev–Trinajstić information content (AvgIpc) is 3.00. The number of likely N-dealkylation sites (N-methyl/N-ethyl adjacent to an activating group) is 1. The quantitative estimate of drug-likeness (QED) is 0.793. The summed E-state index contributed by atoms with van der Waals surface area (Å²) >= 11 is 0. The lowest BCUT2D eigenvalue weighted by atomic mass is 10.1. The summed E-state index contributed by atoms with van der Waals surface area (Å²) in [6, 6.07) is 8.02. The van der Waals surface area contributed by atoms with Crippen LogP contribution in [0.1, 0.15) is 12.0 Å². The van der Waals surface area contributed by atoms with Crippen molar-refractivity contribution in [3.05, 3.63) is 42.1 Å². The Labute approximate surface area is 135 Å². The number of rotatable bonds is 5. The molecule has 5 heteroatoms. The van der Waals surface area contributed by atoms with E-state index in [-0.39, 0.29) is 11.8 Å². The number of imide groups is 1. The molecule has 2 heterocycles. The van der Waals surface area contributed by atoms with Crippen LogP contribution in [0.2, 0.25) is 0 Å². The standard InChI is InChI=1S/C18H21N3O2/c1-19(2)9-6-10-21-12-15(13-7-4-5-8-16(13)21)14-11-17(22)20(3)18(14)23/h4-5,7-8,11-12H,6,9-10H2,1-3H3. The maximum atomic E-state index is 12.3. The first kappa shape index (κ1) is 15.5. The Morgan fingerprint density at radius 1 is 1.13 bits per heavy atom. The molecule has 0 atom stereocenters. The normalized spacial score (nSPS) is 15.1. The molecule has 0 radical (unpaired) electrons. The van der Waals surface area contributed by atoms with Crippen molar-refractivity contribution < 1.29 is 9.59 Å². The number of nitrogens with zero attached hydrogens (tertiary/aromatic N) is 3. The maximum Gasteiger partial charge on any atom is 0.261 e. The van der Waals surface area contributed by atoms with Crippen LogP contribution in [0.25, 0.3) is 16.5 Å². The van der Waals surface area contributed by atoms with E-state index in [1.165, 1.54) is 13.1 Å². The Bertz CT molecular complexity index is 802. The molecule has 1 aromatic carbocycles. The van der Waals surface area contributed by atoms with Crippen LogP contribution in [-0.4, -0.2) is 53.9 Å². The molecule has 0 fully saturated rings. The lowest BCUT2D eigenvalue weighted by molar-refractivity contribution is -0.134. The fourth-order valence-corrected chi connectivity index (χ4v) is 2.96. The number of fused-ring (bicyclic) bond motifs is 1. The maximum absolute atomic E-state index is 12.3. The van der Waals surface area contributed by atoms with E-state index in [2.05, 4.69) is 29.6 Å². The second-order valence-corrected chi connectivity index (χ2v) is 6.17. The summed E-state index contributed by atoms with van der Waals surface area (Å²) in [6.45, 7) is 1.88. The van der Waals surface area contributed by atoms with Gasteiger partial charge in [0.25, 0.3) is 11.8 Å². The number of hydrogen-bond donors (Lipinski definition) is 0. The minimum Gasteiger partial charge on any atom is -0.347 e. The topological polar surface area (TPSA) is 45.6 Å². The molecule has 0 saturated heterocycles. The lowest BCUT2D eigenvalue weighted by Crippen LogP contribution is -2.25. The van der Waals surface area contributed by atoms with Gasteiger partial charge in [-0.05, 0) is 33.1 Å². The SMILES string of the molecule is CN(C)CCCn1cc(C2=CC(=O)N(C)C2=O)c2ccccc21. The molecule has 0 N–H and O–H groups in total. The van der Waals surface area contributed by atoms with E-state index in [1.54, 1.807) is 0 Å². The highest BCUT2D eigenvalue weighted by Gasteiger charge is 2.30. The van der Waals surface area contributed by atoms with Gasteiger partial charge in [-0.25, -0.2) is 0 Å². The average molecular weight is 311 g/mol. The summed E-state index contributed by atoms with van der Waals surface area (Å²) in [5.41, 5.74) is 2.42. The third-order valence-corrected chi connectivity index (χ3v) is 4.22. The van der Waals surface area contributed by atoms with Crippen molar-refractivity contribution >= 4 is 28.3 Å². The van der Waals surface area contributed by atoms with Gasteiger partial charge in [0.15, 0.2) is 0 Å². The number of carbonyl (C=O) groups is 2. The zero-order valence-electron chi connectivity index (χ0n) is 13.7. The molecular weight excluding hydrogens is 290 g/mol. The molecule has 0 spiro atoms. The largest absolute Gasteiger partial charge is 0.347 e. The molecule has 0 unspecified atom stereocenters. The fourth-order valence-electron chi connectivity index (χ4n) is 2.96. The van der Waals surface area contributed by atoms with Crippen LogP contribution in [0, 0.1) is 0 Å². The molecule has 0 bridgehead atoms. The van der Waals surface area contributed by atoms with Crippen molar-refractivity contribution in [3.8, 4) is 0 Å². The van der Waals surface area contributed by atoms with Gasteiger partial charge in [0, 0.05) is 42.3 Å². The zero-order valence-corrected chi connectivity index (χ0v) is 13.7. The van der Waals surface area contributed by atoms with E-state index in [0.717, 1.165) is 40.9 Å². The Hall–Kier alpha value is -2.40. The molecule has 1 aromatic heterocycles. The molecule has 1 aliphatic rings. The monoisotopic (exact) mass is 311 g/mol. The van der Waals surface area contributed by atoms with Crippen LogP contribution in [-0.2, 0) is 16.1 Å². The zero-order chi connectivity index (χ0) is 16.6.